The number of benzene rings is 1. The van der Waals surface area contributed by atoms with Gasteiger partial charge in [-0.1, -0.05) is 11.6 Å². The molecule has 116 valence electrons. The van der Waals surface area contributed by atoms with Crippen molar-refractivity contribution in [1.29, 1.82) is 0 Å². The summed E-state index contributed by atoms with van der Waals surface area (Å²) in [5, 5.41) is 3.77. The first-order chi connectivity index (χ1) is 10.8. The van der Waals surface area contributed by atoms with Gasteiger partial charge >= 0.3 is 0 Å². The molecule has 0 N–H and O–H groups in total. The van der Waals surface area contributed by atoms with Crippen molar-refractivity contribution in [3.8, 4) is 11.5 Å². The van der Waals surface area contributed by atoms with E-state index in [1.165, 1.54) is 0 Å². The molecule has 0 bridgehead atoms. The minimum Gasteiger partial charge on any atom is -0.454 e. The molecule has 0 aliphatic carbocycles. The van der Waals surface area contributed by atoms with Gasteiger partial charge in [-0.05, 0) is 17.7 Å². The minimum absolute atomic E-state index is 0.255. The third-order valence-electron chi connectivity index (χ3n) is 3.96. The summed E-state index contributed by atoms with van der Waals surface area (Å²) in [4.78, 5) is 9.15. The van der Waals surface area contributed by atoms with Crippen molar-refractivity contribution >= 4 is 28.1 Å². The maximum absolute atomic E-state index is 6.24. The molecule has 7 heteroatoms. The van der Waals surface area contributed by atoms with E-state index in [0.29, 0.717) is 10.8 Å². The highest BCUT2D eigenvalue weighted by Crippen LogP contribution is 2.40. The zero-order valence-electron chi connectivity index (χ0n) is 12.0. The number of hydrogen-bond acceptors (Lipinski definition) is 6. The van der Waals surface area contributed by atoms with Gasteiger partial charge in [0.1, 0.15) is 0 Å². The Hall–Kier alpha value is -1.50. The van der Waals surface area contributed by atoms with E-state index in [0.717, 1.165) is 49.2 Å². The largest absolute Gasteiger partial charge is 0.454 e. The third-order valence-corrected chi connectivity index (χ3v) is 5.07. The molecule has 5 nitrogen and oxygen atoms in total. The number of thiazole rings is 1. The number of ether oxygens (including phenoxy) is 2. The zero-order chi connectivity index (χ0) is 14.9. The lowest BCUT2D eigenvalue weighted by atomic mass is 10.1. The van der Waals surface area contributed by atoms with Gasteiger partial charge in [-0.3, -0.25) is 4.90 Å². The van der Waals surface area contributed by atoms with Crippen LogP contribution in [0.5, 0.6) is 11.5 Å². The van der Waals surface area contributed by atoms with Gasteiger partial charge in [0.15, 0.2) is 16.6 Å². The quantitative estimate of drug-likeness (QED) is 0.861. The van der Waals surface area contributed by atoms with Gasteiger partial charge < -0.3 is 14.4 Å². The second kappa shape index (κ2) is 5.95. The smallest absolute Gasteiger partial charge is 0.231 e. The number of aromatic nitrogens is 1. The first-order valence-corrected chi connectivity index (χ1v) is 8.50. The predicted octanol–water partition coefficient (Wildman–Crippen LogP) is 2.85. The summed E-state index contributed by atoms with van der Waals surface area (Å²) in [7, 11) is 0. The molecule has 2 aliphatic heterocycles. The van der Waals surface area contributed by atoms with Crippen molar-refractivity contribution < 1.29 is 9.47 Å². The topological polar surface area (TPSA) is 37.8 Å². The molecule has 0 spiro atoms. The molecule has 2 aromatic rings. The summed E-state index contributed by atoms with van der Waals surface area (Å²) in [5.41, 5.74) is 1.16. The summed E-state index contributed by atoms with van der Waals surface area (Å²) < 4.78 is 10.8. The molecule has 0 amide bonds. The van der Waals surface area contributed by atoms with E-state index in [1.54, 1.807) is 11.3 Å². The van der Waals surface area contributed by atoms with Crippen molar-refractivity contribution in [2.45, 2.75) is 6.54 Å². The Morgan fingerprint density at radius 3 is 2.82 bits per heavy atom. The van der Waals surface area contributed by atoms with Gasteiger partial charge in [0.05, 0.1) is 5.02 Å². The Bertz CT molecular complexity index is 657. The second-order valence-corrected chi connectivity index (χ2v) is 6.67. The minimum atomic E-state index is 0.255. The van der Waals surface area contributed by atoms with Crippen LogP contribution < -0.4 is 14.4 Å². The van der Waals surface area contributed by atoms with E-state index in [-0.39, 0.29) is 6.79 Å². The first-order valence-electron chi connectivity index (χ1n) is 7.24. The summed E-state index contributed by atoms with van der Waals surface area (Å²) >= 11 is 7.94. The Labute approximate surface area is 138 Å². The van der Waals surface area contributed by atoms with Crippen LogP contribution in [0.2, 0.25) is 5.02 Å². The molecule has 1 saturated heterocycles. The van der Waals surface area contributed by atoms with Crippen molar-refractivity contribution in [2.24, 2.45) is 0 Å². The number of piperazine rings is 1. The van der Waals surface area contributed by atoms with E-state index < -0.39 is 0 Å². The van der Waals surface area contributed by atoms with Gasteiger partial charge in [-0.25, -0.2) is 4.98 Å². The summed E-state index contributed by atoms with van der Waals surface area (Å²) in [6.07, 6.45) is 1.86. The maximum Gasteiger partial charge on any atom is 0.231 e. The van der Waals surface area contributed by atoms with Gasteiger partial charge in [0.2, 0.25) is 6.79 Å². The Morgan fingerprint density at radius 1 is 1.18 bits per heavy atom. The molecular formula is C15H16ClN3O2S. The molecule has 4 rings (SSSR count). The Balaban J connectivity index is 1.40. The number of rotatable bonds is 3. The van der Waals surface area contributed by atoms with Crippen LogP contribution in [0.3, 0.4) is 0 Å². The molecule has 0 atom stereocenters. The lowest BCUT2D eigenvalue weighted by Crippen LogP contribution is -2.45. The Morgan fingerprint density at radius 2 is 2.05 bits per heavy atom. The fraction of sp³-hybridized carbons (Fsp3) is 0.400. The third kappa shape index (κ3) is 2.74. The molecule has 0 saturated carbocycles. The highest BCUT2D eigenvalue weighted by molar-refractivity contribution is 7.13. The Kier molecular flexibility index (Phi) is 3.82. The molecule has 3 heterocycles. The van der Waals surface area contributed by atoms with E-state index in [4.69, 9.17) is 21.1 Å². The average Bonchev–Trinajstić information content (AvgIpc) is 3.19. The number of hydrogen-bond donors (Lipinski definition) is 0. The van der Waals surface area contributed by atoms with Crippen LogP contribution in [0.1, 0.15) is 5.56 Å². The lowest BCUT2D eigenvalue weighted by Gasteiger charge is -2.34. The molecule has 0 radical (unpaired) electrons. The van der Waals surface area contributed by atoms with Crippen molar-refractivity contribution in [3.63, 3.8) is 0 Å². The zero-order valence-corrected chi connectivity index (χ0v) is 13.6. The van der Waals surface area contributed by atoms with Crippen molar-refractivity contribution in [3.05, 3.63) is 34.3 Å². The molecule has 22 heavy (non-hydrogen) atoms. The molecule has 1 fully saturated rings. The van der Waals surface area contributed by atoms with E-state index in [1.807, 2.05) is 23.7 Å². The number of fused-ring (bicyclic) bond motifs is 1. The first kappa shape index (κ1) is 14.1. The summed E-state index contributed by atoms with van der Waals surface area (Å²) in [6.45, 7) is 5.18. The monoisotopic (exact) mass is 337 g/mol. The van der Waals surface area contributed by atoms with Gasteiger partial charge in [-0.15, -0.1) is 11.3 Å². The lowest BCUT2D eigenvalue weighted by molar-refractivity contribution is 0.174. The summed E-state index contributed by atoms with van der Waals surface area (Å²) in [5.74, 6) is 1.42. The van der Waals surface area contributed by atoms with Crippen LogP contribution >= 0.6 is 22.9 Å². The van der Waals surface area contributed by atoms with Crippen LogP contribution in [0, 0.1) is 0 Å². The van der Waals surface area contributed by atoms with Crippen molar-refractivity contribution in [2.75, 3.05) is 37.9 Å². The molecular weight excluding hydrogens is 322 g/mol. The molecule has 1 aromatic carbocycles. The average molecular weight is 338 g/mol. The van der Waals surface area contributed by atoms with Crippen LogP contribution in [0.4, 0.5) is 5.13 Å². The second-order valence-electron chi connectivity index (χ2n) is 5.39. The molecule has 2 aliphatic rings. The number of halogens is 1. The van der Waals surface area contributed by atoms with Gasteiger partial charge in [0.25, 0.3) is 0 Å². The highest BCUT2D eigenvalue weighted by atomic mass is 35.5. The van der Waals surface area contributed by atoms with E-state index in [2.05, 4.69) is 14.8 Å². The maximum atomic E-state index is 6.24. The van der Waals surface area contributed by atoms with Crippen LogP contribution in [-0.4, -0.2) is 42.9 Å². The van der Waals surface area contributed by atoms with Crippen LogP contribution in [0.15, 0.2) is 23.7 Å². The van der Waals surface area contributed by atoms with Gasteiger partial charge in [0, 0.05) is 44.3 Å². The summed E-state index contributed by atoms with van der Waals surface area (Å²) in [6, 6.07) is 4.00. The number of nitrogens with zero attached hydrogens (tertiary/aromatic N) is 3. The van der Waals surface area contributed by atoms with Crippen LogP contribution in [0.25, 0.3) is 0 Å². The normalized spacial score (nSPS) is 18.0. The van der Waals surface area contributed by atoms with Crippen molar-refractivity contribution in [1.82, 2.24) is 9.88 Å². The molecule has 1 aromatic heterocycles. The fourth-order valence-electron chi connectivity index (χ4n) is 2.84. The number of anilines is 1. The fourth-order valence-corrected chi connectivity index (χ4v) is 3.82. The predicted molar refractivity (Wildman–Crippen MR) is 87.2 cm³/mol. The van der Waals surface area contributed by atoms with E-state index in [9.17, 15) is 0 Å². The highest BCUT2D eigenvalue weighted by Gasteiger charge is 2.21. The van der Waals surface area contributed by atoms with Gasteiger partial charge in [-0.2, -0.15) is 0 Å². The standard InChI is InChI=1S/C15H16ClN3O2S/c16-12-7-11(8-13-14(12)21-10-20-13)9-18-2-4-19(5-3-18)15-17-1-6-22-15/h1,6-8H,2-5,9-10H2. The molecule has 0 unspecified atom stereocenters. The SMILES string of the molecule is Clc1cc(CN2CCN(c3nccs3)CC2)cc2c1OCO2. The van der Waals surface area contributed by atoms with E-state index >= 15 is 0 Å². The van der Waals surface area contributed by atoms with Crippen LogP contribution in [-0.2, 0) is 6.54 Å².